The van der Waals surface area contributed by atoms with Gasteiger partial charge < -0.3 is 10.1 Å². The molecular formula is C15H17Cl2N3O. The first-order valence-corrected chi connectivity index (χ1v) is 7.27. The molecule has 2 rings (SSSR count). The Morgan fingerprint density at radius 2 is 1.62 bits per heavy atom. The summed E-state index contributed by atoms with van der Waals surface area (Å²) >= 11 is 11.8. The molecule has 112 valence electrons. The number of rotatable bonds is 4. The van der Waals surface area contributed by atoms with Crippen molar-refractivity contribution in [1.29, 1.82) is 0 Å². The first kappa shape index (κ1) is 16.0. The van der Waals surface area contributed by atoms with Gasteiger partial charge in [0.15, 0.2) is 0 Å². The topological polar surface area (TPSA) is 47.0 Å². The highest BCUT2D eigenvalue weighted by atomic mass is 35.5. The van der Waals surface area contributed by atoms with Gasteiger partial charge in [-0.25, -0.2) is 9.97 Å². The maximum Gasteiger partial charge on any atom is 0.321 e. The Kier molecular flexibility index (Phi) is 5.04. The van der Waals surface area contributed by atoms with Gasteiger partial charge in [-0.05, 0) is 39.0 Å². The largest absolute Gasteiger partial charge is 0.424 e. The van der Waals surface area contributed by atoms with Gasteiger partial charge in [0.2, 0.25) is 0 Å². The molecule has 0 saturated heterocycles. The van der Waals surface area contributed by atoms with Crippen molar-refractivity contribution in [2.45, 2.75) is 32.9 Å². The monoisotopic (exact) mass is 325 g/mol. The highest BCUT2D eigenvalue weighted by molar-refractivity contribution is 6.34. The lowest BCUT2D eigenvalue weighted by Gasteiger charge is -2.20. The van der Waals surface area contributed by atoms with Crippen LogP contribution in [0, 0.1) is 0 Å². The van der Waals surface area contributed by atoms with Crippen LogP contribution in [0.25, 0.3) is 0 Å². The molecule has 1 aromatic heterocycles. The molecular weight excluding hydrogens is 309 g/mol. The van der Waals surface area contributed by atoms with Crippen LogP contribution in [0.1, 0.15) is 26.3 Å². The van der Waals surface area contributed by atoms with E-state index in [1.165, 1.54) is 0 Å². The molecule has 0 bridgehead atoms. The third-order valence-corrected chi connectivity index (χ3v) is 2.99. The van der Waals surface area contributed by atoms with Gasteiger partial charge in [-0.1, -0.05) is 23.2 Å². The number of nitrogens with zero attached hydrogens (tertiary/aromatic N) is 2. The predicted octanol–water partition coefficient (Wildman–Crippen LogP) is 4.46. The molecule has 0 aliphatic carbocycles. The number of benzene rings is 1. The molecule has 1 N–H and O–H groups in total. The van der Waals surface area contributed by atoms with Crippen LogP contribution in [-0.2, 0) is 6.54 Å². The molecule has 0 aliphatic rings. The normalized spacial score (nSPS) is 11.5. The van der Waals surface area contributed by atoms with E-state index in [1.807, 2.05) is 0 Å². The Morgan fingerprint density at radius 3 is 2.14 bits per heavy atom. The maximum absolute atomic E-state index is 5.91. The standard InChI is InChI=1S/C15H17Cl2N3O/c1-15(2,3)20-9-10-7-18-14(19-8-10)21-13-5-11(16)4-12(17)6-13/h4-8,20H,9H2,1-3H3. The Hall–Kier alpha value is -1.36. The minimum Gasteiger partial charge on any atom is -0.424 e. The van der Waals surface area contributed by atoms with Crippen LogP contribution in [-0.4, -0.2) is 15.5 Å². The second-order valence-corrected chi connectivity index (χ2v) is 6.56. The molecule has 0 spiro atoms. The molecule has 6 heteroatoms. The van der Waals surface area contributed by atoms with Gasteiger partial charge >= 0.3 is 6.01 Å². The summed E-state index contributed by atoms with van der Waals surface area (Å²) in [5.74, 6) is 0.507. The smallest absolute Gasteiger partial charge is 0.321 e. The van der Waals surface area contributed by atoms with Gasteiger partial charge in [-0.3, -0.25) is 0 Å². The first-order chi connectivity index (χ1) is 9.82. The Labute approximate surface area is 134 Å². The van der Waals surface area contributed by atoms with E-state index in [4.69, 9.17) is 27.9 Å². The number of hydrogen-bond donors (Lipinski definition) is 1. The fourth-order valence-corrected chi connectivity index (χ4v) is 2.05. The van der Waals surface area contributed by atoms with Crippen LogP contribution in [0.4, 0.5) is 0 Å². The molecule has 1 aromatic carbocycles. The first-order valence-electron chi connectivity index (χ1n) is 6.52. The van der Waals surface area contributed by atoms with E-state index < -0.39 is 0 Å². The van der Waals surface area contributed by atoms with Crippen LogP contribution in [0.3, 0.4) is 0 Å². The van der Waals surface area contributed by atoms with Gasteiger partial charge in [0.05, 0.1) is 0 Å². The average Bonchev–Trinajstić information content (AvgIpc) is 2.36. The molecule has 0 aliphatic heterocycles. The number of aromatic nitrogens is 2. The van der Waals surface area contributed by atoms with Gasteiger partial charge in [0.1, 0.15) is 5.75 Å². The number of nitrogens with one attached hydrogen (secondary N) is 1. The van der Waals surface area contributed by atoms with Crippen LogP contribution in [0.5, 0.6) is 11.8 Å². The van der Waals surface area contributed by atoms with E-state index in [1.54, 1.807) is 30.6 Å². The van der Waals surface area contributed by atoms with Gasteiger partial charge in [-0.2, -0.15) is 0 Å². The van der Waals surface area contributed by atoms with Crippen molar-refractivity contribution in [3.05, 3.63) is 46.2 Å². The molecule has 21 heavy (non-hydrogen) atoms. The minimum absolute atomic E-state index is 0.0483. The van der Waals surface area contributed by atoms with Crippen molar-refractivity contribution in [2.75, 3.05) is 0 Å². The van der Waals surface area contributed by atoms with Crippen molar-refractivity contribution in [1.82, 2.24) is 15.3 Å². The summed E-state index contributed by atoms with van der Waals surface area (Å²) in [5.41, 5.74) is 1.04. The van der Waals surface area contributed by atoms with E-state index in [9.17, 15) is 0 Å². The molecule has 0 amide bonds. The van der Waals surface area contributed by atoms with Crippen LogP contribution < -0.4 is 10.1 Å². The molecule has 0 fully saturated rings. The lowest BCUT2D eigenvalue weighted by molar-refractivity contribution is 0.420. The fourth-order valence-electron chi connectivity index (χ4n) is 1.55. The molecule has 0 saturated carbocycles. The van der Waals surface area contributed by atoms with Gasteiger partial charge in [0, 0.05) is 40.1 Å². The summed E-state index contributed by atoms with van der Waals surface area (Å²) in [7, 11) is 0. The number of hydrogen-bond acceptors (Lipinski definition) is 4. The van der Waals surface area contributed by atoms with E-state index in [2.05, 4.69) is 36.1 Å². The van der Waals surface area contributed by atoms with Gasteiger partial charge in [-0.15, -0.1) is 0 Å². The third-order valence-electron chi connectivity index (χ3n) is 2.55. The van der Waals surface area contributed by atoms with Crippen molar-refractivity contribution >= 4 is 23.2 Å². The molecule has 0 radical (unpaired) electrons. The second kappa shape index (κ2) is 6.60. The van der Waals surface area contributed by atoms with Crippen molar-refractivity contribution in [2.24, 2.45) is 0 Å². The minimum atomic E-state index is 0.0483. The second-order valence-electron chi connectivity index (χ2n) is 5.68. The lowest BCUT2D eigenvalue weighted by atomic mass is 10.1. The van der Waals surface area contributed by atoms with E-state index in [-0.39, 0.29) is 11.5 Å². The summed E-state index contributed by atoms with van der Waals surface area (Å²) in [4.78, 5) is 8.35. The zero-order valence-corrected chi connectivity index (χ0v) is 13.7. The lowest BCUT2D eigenvalue weighted by Crippen LogP contribution is -2.35. The van der Waals surface area contributed by atoms with E-state index >= 15 is 0 Å². The zero-order chi connectivity index (χ0) is 15.5. The Morgan fingerprint density at radius 1 is 1.05 bits per heavy atom. The molecule has 4 nitrogen and oxygen atoms in total. The Balaban J connectivity index is 2.02. The van der Waals surface area contributed by atoms with Gasteiger partial charge in [0.25, 0.3) is 0 Å². The van der Waals surface area contributed by atoms with E-state index in [0.29, 0.717) is 22.3 Å². The summed E-state index contributed by atoms with van der Waals surface area (Å²) in [5, 5.41) is 4.37. The predicted molar refractivity (Wildman–Crippen MR) is 85.2 cm³/mol. The summed E-state index contributed by atoms with van der Waals surface area (Å²) in [6.45, 7) is 7.02. The van der Waals surface area contributed by atoms with Crippen LogP contribution in [0.2, 0.25) is 10.0 Å². The average molecular weight is 326 g/mol. The third kappa shape index (κ3) is 5.50. The van der Waals surface area contributed by atoms with Crippen molar-refractivity contribution < 1.29 is 4.74 Å². The summed E-state index contributed by atoms with van der Waals surface area (Å²) in [6.07, 6.45) is 3.46. The molecule has 2 aromatic rings. The number of ether oxygens (including phenoxy) is 1. The molecule has 0 atom stereocenters. The molecule has 1 heterocycles. The summed E-state index contributed by atoms with van der Waals surface area (Å²) < 4.78 is 5.53. The van der Waals surface area contributed by atoms with E-state index in [0.717, 1.165) is 5.56 Å². The summed E-state index contributed by atoms with van der Waals surface area (Å²) in [6, 6.07) is 5.21. The van der Waals surface area contributed by atoms with Crippen molar-refractivity contribution in [3.8, 4) is 11.8 Å². The highest BCUT2D eigenvalue weighted by Gasteiger charge is 2.09. The maximum atomic E-state index is 5.91. The highest BCUT2D eigenvalue weighted by Crippen LogP contribution is 2.26. The Bertz CT molecular complexity index is 589. The van der Waals surface area contributed by atoms with Crippen LogP contribution >= 0.6 is 23.2 Å². The zero-order valence-electron chi connectivity index (χ0n) is 12.2. The van der Waals surface area contributed by atoms with Crippen molar-refractivity contribution in [3.63, 3.8) is 0 Å². The number of halogens is 2. The SMILES string of the molecule is CC(C)(C)NCc1cnc(Oc2cc(Cl)cc(Cl)c2)nc1. The van der Waals surface area contributed by atoms with Crippen LogP contribution in [0.15, 0.2) is 30.6 Å². The fraction of sp³-hybridized carbons (Fsp3) is 0.333. The molecule has 0 unspecified atom stereocenters. The quantitative estimate of drug-likeness (QED) is 0.901.